The van der Waals surface area contributed by atoms with Crippen LogP contribution >= 0.6 is 0 Å². The maximum atomic E-state index is 12.6. The fraction of sp³-hybridized carbons (Fsp3) is 0.955. The number of hydrogen-bond donors (Lipinski definition) is 1. The lowest BCUT2D eigenvalue weighted by molar-refractivity contribution is -0.142. The minimum atomic E-state index is -0.146. The molecule has 0 spiro atoms. The van der Waals surface area contributed by atoms with Crippen LogP contribution in [-0.4, -0.2) is 48.2 Å². The zero-order valence-electron chi connectivity index (χ0n) is 16.5. The summed E-state index contributed by atoms with van der Waals surface area (Å²) in [7, 11) is 0. The van der Waals surface area contributed by atoms with E-state index in [-0.39, 0.29) is 12.0 Å². The van der Waals surface area contributed by atoms with Crippen molar-refractivity contribution in [1.82, 2.24) is 10.2 Å². The van der Waals surface area contributed by atoms with E-state index in [1.54, 1.807) is 0 Å². The van der Waals surface area contributed by atoms with E-state index in [1.165, 1.54) is 44.9 Å². The van der Waals surface area contributed by atoms with E-state index >= 15 is 0 Å². The van der Waals surface area contributed by atoms with E-state index in [9.17, 15) is 4.79 Å². The minimum Gasteiger partial charge on any atom is -0.368 e. The average Bonchev–Trinajstić information content (AvgIpc) is 3.15. The molecule has 0 aromatic heterocycles. The summed E-state index contributed by atoms with van der Waals surface area (Å²) >= 11 is 0. The Morgan fingerprint density at radius 2 is 1.85 bits per heavy atom. The largest absolute Gasteiger partial charge is 0.368 e. The van der Waals surface area contributed by atoms with Crippen LogP contribution in [-0.2, 0) is 9.53 Å². The summed E-state index contributed by atoms with van der Waals surface area (Å²) in [6, 6.07) is 0.605. The number of nitrogens with one attached hydrogen (secondary N) is 1. The molecule has 4 bridgehead atoms. The van der Waals surface area contributed by atoms with Gasteiger partial charge in [0, 0.05) is 31.3 Å². The van der Waals surface area contributed by atoms with Gasteiger partial charge in [-0.05, 0) is 81.5 Å². The van der Waals surface area contributed by atoms with E-state index in [0.717, 1.165) is 57.2 Å². The second-order valence-electron chi connectivity index (χ2n) is 10.3. The Labute approximate surface area is 158 Å². The van der Waals surface area contributed by atoms with Gasteiger partial charge in [0.15, 0.2) is 0 Å². The topological polar surface area (TPSA) is 41.6 Å². The lowest BCUT2D eigenvalue weighted by atomic mass is 9.46. The van der Waals surface area contributed by atoms with Crippen LogP contribution in [0.2, 0.25) is 0 Å². The normalized spacial score (nSPS) is 45.4. The second-order valence-corrected chi connectivity index (χ2v) is 10.3. The Morgan fingerprint density at radius 3 is 2.46 bits per heavy atom. The number of nitrogens with zero attached hydrogens (tertiary/aromatic N) is 1. The molecule has 5 atom stereocenters. The van der Waals surface area contributed by atoms with Crippen molar-refractivity contribution in [2.45, 2.75) is 95.2 Å². The summed E-state index contributed by atoms with van der Waals surface area (Å²) in [5, 5.41) is 4.18. The number of carbonyl (C=O) groups is 1. The molecule has 4 heteroatoms. The quantitative estimate of drug-likeness (QED) is 0.834. The van der Waals surface area contributed by atoms with E-state index < -0.39 is 0 Å². The van der Waals surface area contributed by atoms with Crippen molar-refractivity contribution in [1.29, 1.82) is 0 Å². The lowest BCUT2D eigenvalue weighted by Gasteiger charge is -2.63. The molecular formula is C22H36N2O2. The van der Waals surface area contributed by atoms with Crippen LogP contribution in [0, 0.1) is 17.3 Å². The van der Waals surface area contributed by atoms with Gasteiger partial charge in [-0.25, -0.2) is 0 Å². The summed E-state index contributed by atoms with van der Waals surface area (Å²) < 4.78 is 5.60. The Kier molecular flexibility index (Phi) is 4.36. The standard InChI is InChI=1S/C22H36N2O2/c1-2-21-11-16-10-17(12-21)14-22(13-16,15-21)23-18-5-7-24(8-6-18)20(25)19-4-3-9-26-19/h16-19,23H,2-15H2,1H3/t16-,17+,19-,21?,22?/m1/s1. The van der Waals surface area contributed by atoms with Gasteiger partial charge in [-0.3, -0.25) is 4.79 Å². The van der Waals surface area contributed by atoms with Gasteiger partial charge in [0.2, 0.25) is 0 Å². The molecular weight excluding hydrogens is 324 g/mol. The Bertz CT molecular complexity index is 534. The Hall–Kier alpha value is -0.610. The van der Waals surface area contributed by atoms with Gasteiger partial charge in [-0.1, -0.05) is 13.3 Å². The molecule has 1 amide bonds. The van der Waals surface area contributed by atoms with Crippen molar-refractivity contribution in [3.8, 4) is 0 Å². The van der Waals surface area contributed by atoms with Crippen molar-refractivity contribution >= 4 is 5.91 Å². The Balaban J connectivity index is 1.20. The summed E-state index contributed by atoms with van der Waals surface area (Å²) in [5.41, 5.74) is 1.07. The van der Waals surface area contributed by atoms with Crippen molar-refractivity contribution < 1.29 is 9.53 Å². The van der Waals surface area contributed by atoms with Gasteiger partial charge in [-0.15, -0.1) is 0 Å². The van der Waals surface area contributed by atoms with E-state index in [4.69, 9.17) is 4.74 Å². The lowest BCUT2D eigenvalue weighted by Crippen LogP contribution is -2.64. The molecule has 6 aliphatic rings. The minimum absolute atomic E-state index is 0.146. The molecule has 6 fully saturated rings. The van der Waals surface area contributed by atoms with Gasteiger partial charge in [-0.2, -0.15) is 0 Å². The third-order valence-corrected chi connectivity index (χ3v) is 8.45. The number of piperidine rings is 1. The highest BCUT2D eigenvalue weighted by Gasteiger charge is 2.57. The van der Waals surface area contributed by atoms with Gasteiger partial charge in [0.05, 0.1) is 0 Å². The summed E-state index contributed by atoms with van der Waals surface area (Å²) in [6.07, 6.45) is 14.2. The zero-order chi connectivity index (χ0) is 17.8. The first-order chi connectivity index (χ1) is 12.6. The molecule has 2 unspecified atom stereocenters. The first-order valence-electron chi connectivity index (χ1n) is 11.3. The fourth-order valence-electron chi connectivity index (χ4n) is 7.69. The van der Waals surface area contributed by atoms with E-state index in [0.29, 0.717) is 17.0 Å². The third kappa shape index (κ3) is 3.01. The fourth-order valence-corrected chi connectivity index (χ4v) is 7.69. The van der Waals surface area contributed by atoms with Crippen LogP contribution in [0.15, 0.2) is 0 Å². The van der Waals surface area contributed by atoms with Crippen LogP contribution in [0.1, 0.15) is 77.6 Å². The van der Waals surface area contributed by atoms with E-state index in [1.807, 2.05) is 0 Å². The predicted octanol–water partition coefficient (Wildman–Crippen LogP) is 3.50. The maximum Gasteiger partial charge on any atom is 0.251 e. The molecule has 0 aromatic rings. The number of carbonyl (C=O) groups excluding carboxylic acids is 1. The molecule has 2 saturated heterocycles. The smallest absolute Gasteiger partial charge is 0.251 e. The van der Waals surface area contributed by atoms with Crippen molar-refractivity contribution in [3.05, 3.63) is 0 Å². The summed E-state index contributed by atoms with van der Waals surface area (Å²) in [4.78, 5) is 14.6. The molecule has 0 aromatic carbocycles. The molecule has 146 valence electrons. The van der Waals surface area contributed by atoms with Crippen LogP contribution < -0.4 is 5.32 Å². The van der Waals surface area contributed by atoms with Gasteiger partial charge in [0.1, 0.15) is 6.10 Å². The van der Waals surface area contributed by atoms with Crippen LogP contribution in [0.25, 0.3) is 0 Å². The first kappa shape index (κ1) is 17.5. The molecule has 1 N–H and O–H groups in total. The van der Waals surface area contributed by atoms with Gasteiger partial charge in [0.25, 0.3) is 5.91 Å². The SMILES string of the molecule is CCC12C[C@H]3C[C@@H](C1)CC(NC1CCN(C(=O)[C@H]4CCCO4)CC1)(C3)C2. The number of amides is 1. The van der Waals surface area contributed by atoms with Crippen molar-refractivity contribution in [2.75, 3.05) is 19.7 Å². The third-order valence-electron chi connectivity index (χ3n) is 8.45. The molecule has 2 aliphatic heterocycles. The average molecular weight is 361 g/mol. The molecule has 26 heavy (non-hydrogen) atoms. The second kappa shape index (κ2) is 6.48. The highest BCUT2D eigenvalue weighted by Crippen LogP contribution is 2.62. The molecule has 2 heterocycles. The highest BCUT2D eigenvalue weighted by atomic mass is 16.5. The maximum absolute atomic E-state index is 12.6. The van der Waals surface area contributed by atoms with Crippen molar-refractivity contribution in [2.24, 2.45) is 17.3 Å². The van der Waals surface area contributed by atoms with Crippen LogP contribution in [0.5, 0.6) is 0 Å². The van der Waals surface area contributed by atoms with Crippen LogP contribution in [0.4, 0.5) is 0 Å². The van der Waals surface area contributed by atoms with Gasteiger partial charge < -0.3 is 15.0 Å². The molecule has 4 nitrogen and oxygen atoms in total. The number of rotatable bonds is 4. The highest BCUT2D eigenvalue weighted by molar-refractivity contribution is 5.81. The summed E-state index contributed by atoms with van der Waals surface area (Å²) in [6.45, 7) is 5.02. The predicted molar refractivity (Wildman–Crippen MR) is 102 cm³/mol. The zero-order valence-corrected chi connectivity index (χ0v) is 16.5. The first-order valence-corrected chi connectivity index (χ1v) is 11.3. The number of ether oxygens (including phenoxy) is 1. The monoisotopic (exact) mass is 360 g/mol. The molecule has 4 saturated carbocycles. The number of hydrogen-bond acceptors (Lipinski definition) is 3. The molecule has 4 aliphatic carbocycles. The number of likely N-dealkylation sites (tertiary alicyclic amines) is 1. The van der Waals surface area contributed by atoms with Crippen LogP contribution in [0.3, 0.4) is 0 Å². The van der Waals surface area contributed by atoms with Crippen molar-refractivity contribution in [3.63, 3.8) is 0 Å². The Morgan fingerprint density at radius 1 is 1.12 bits per heavy atom. The van der Waals surface area contributed by atoms with Gasteiger partial charge >= 0.3 is 0 Å². The molecule has 6 rings (SSSR count). The molecule has 0 radical (unpaired) electrons. The summed E-state index contributed by atoms with van der Waals surface area (Å²) in [5.74, 6) is 2.20. The van der Waals surface area contributed by atoms with E-state index in [2.05, 4.69) is 17.1 Å².